The van der Waals surface area contributed by atoms with E-state index >= 15 is 0 Å². The maximum atomic E-state index is 11.1. The number of carbonyl (C=O) groups is 1. The zero-order chi connectivity index (χ0) is 16.9. The summed E-state index contributed by atoms with van der Waals surface area (Å²) in [7, 11) is 0. The van der Waals surface area contributed by atoms with Gasteiger partial charge in [0.1, 0.15) is 3.70 Å². The average molecular weight is 439 g/mol. The predicted molar refractivity (Wildman–Crippen MR) is 95.8 cm³/mol. The highest BCUT2D eigenvalue weighted by Crippen LogP contribution is 2.35. The molecule has 123 valence electrons. The number of pyridine rings is 1. The van der Waals surface area contributed by atoms with Crippen LogP contribution < -0.4 is 0 Å². The van der Waals surface area contributed by atoms with E-state index in [-0.39, 0.29) is 28.2 Å². The number of esters is 1. The van der Waals surface area contributed by atoms with E-state index in [0.29, 0.717) is 13.0 Å². The van der Waals surface area contributed by atoms with E-state index in [0.717, 1.165) is 15.7 Å². The Morgan fingerprint density at radius 1 is 1.59 bits per heavy atom. The van der Waals surface area contributed by atoms with Gasteiger partial charge in [-0.1, -0.05) is 38.8 Å². The van der Waals surface area contributed by atoms with Crippen LogP contribution in [0.2, 0.25) is 5.15 Å². The van der Waals surface area contributed by atoms with Gasteiger partial charge in [-0.05, 0) is 53.0 Å². The molecule has 1 atom stereocenters. The lowest BCUT2D eigenvalue weighted by atomic mass is 9.74. The molecule has 1 heterocycles. The normalized spacial score (nSPS) is 13.0. The van der Waals surface area contributed by atoms with E-state index in [1.165, 1.54) is 6.92 Å². The Morgan fingerprint density at radius 3 is 2.77 bits per heavy atom. The van der Waals surface area contributed by atoms with Gasteiger partial charge in [-0.25, -0.2) is 4.98 Å². The minimum Gasteiger partial charge on any atom is -0.505 e. The van der Waals surface area contributed by atoms with Gasteiger partial charge in [0, 0.05) is 12.3 Å². The fraction of sp³-hybridized carbons (Fsp3) is 0.562. The molecule has 0 aliphatic rings. The molecule has 22 heavy (non-hydrogen) atoms. The molecule has 1 radical (unpaired) electrons. The molecule has 0 spiro atoms. The van der Waals surface area contributed by atoms with Crippen molar-refractivity contribution in [3.8, 4) is 5.75 Å². The van der Waals surface area contributed by atoms with Gasteiger partial charge in [0.15, 0.2) is 10.9 Å². The molecule has 1 rings (SSSR count). The summed E-state index contributed by atoms with van der Waals surface area (Å²) in [6, 6.07) is 1.66. The highest BCUT2D eigenvalue weighted by atomic mass is 127. The summed E-state index contributed by atoms with van der Waals surface area (Å²) in [5.74, 6) is -0.0958. The summed E-state index contributed by atoms with van der Waals surface area (Å²) in [5.41, 5.74) is 0.730. The first-order valence-electron chi connectivity index (χ1n) is 7.18. The second kappa shape index (κ2) is 8.34. The Bertz CT molecular complexity index is 534. The minimum absolute atomic E-state index is 0.00915. The van der Waals surface area contributed by atoms with Crippen molar-refractivity contribution in [2.45, 2.75) is 40.5 Å². The topological polar surface area (TPSA) is 59.4 Å². The SMILES string of the molecule is CC[CH]C(Cc1cc(O)c(Cl)nc1I)C(C)(C)COC(C)=O. The Balaban J connectivity index is 2.96. The van der Waals surface area contributed by atoms with Gasteiger partial charge < -0.3 is 9.84 Å². The van der Waals surface area contributed by atoms with E-state index in [1.54, 1.807) is 6.07 Å². The highest BCUT2D eigenvalue weighted by Gasteiger charge is 2.31. The molecular formula is C16H22ClINO3. The van der Waals surface area contributed by atoms with Crippen molar-refractivity contribution in [2.24, 2.45) is 11.3 Å². The van der Waals surface area contributed by atoms with E-state index in [9.17, 15) is 9.90 Å². The van der Waals surface area contributed by atoms with Crippen LogP contribution >= 0.6 is 34.2 Å². The van der Waals surface area contributed by atoms with Gasteiger partial charge in [0.25, 0.3) is 0 Å². The van der Waals surface area contributed by atoms with Crippen molar-refractivity contribution in [1.82, 2.24) is 4.98 Å². The number of nitrogens with zero attached hydrogens (tertiary/aromatic N) is 1. The van der Waals surface area contributed by atoms with Gasteiger partial charge in [-0.15, -0.1) is 0 Å². The Kier molecular flexibility index (Phi) is 7.38. The second-order valence-corrected chi connectivity index (χ2v) is 7.35. The molecule has 1 aromatic rings. The molecular weight excluding hydrogens is 417 g/mol. The van der Waals surface area contributed by atoms with Crippen molar-refractivity contribution in [1.29, 1.82) is 0 Å². The Morgan fingerprint density at radius 2 is 2.23 bits per heavy atom. The minimum atomic E-state index is -0.274. The molecule has 0 fully saturated rings. The average Bonchev–Trinajstić information content (AvgIpc) is 2.42. The van der Waals surface area contributed by atoms with Gasteiger partial charge in [-0.3, -0.25) is 4.79 Å². The van der Waals surface area contributed by atoms with Crippen LogP contribution in [0.15, 0.2) is 6.07 Å². The van der Waals surface area contributed by atoms with Crippen molar-refractivity contribution < 1.29 is 14.6 Å². The number of halogens is 2. The summed E-state index contributed by atoms with van der Waals surface area (Å²) >= 11 is 7.95. The number of rotatable bonds is 7. The number of hydrogen-bond acceptors (Lipinski definition) is 4. The standard InChI is InChI=1S/C16H22ClINO3/c1-5-6-12(16(3,4)9-22-10(2)20)7-11-8-13(21)14(17)19-15(11)18/h6,8,12,21H,5,7,9H2,1-4H3. The summed E-state index contributed by atoms with van der Waals surface area (Å²) in [4.78, 5) is 15.2. The molecule has 0 saturated heterocycles. The van der Waals surface area contributed by atoms with Crippen LogP contribution in [-0.4, -0.2) is 22.7 Å². The van der Waals surface area contributed by atoms with Crippen molar-refractivity contribution in [3.05, 3.63) is 26.9 Å². The third-order valence-electron chi connectivity index (χ3n) is 3.59. The molecule has 4 nitrogen and oxygen atoms in total. The third kappa shape index (κ3) is 5.57. The van der Waals surface area contributed by atoms with E-state index < -0.39 is 0 Å². The molecule has 1 N–H and O–H groups in total. The van der Waals surface area contributed by atoms with Crippen LogP contribution in [-0.2, 0) is 16.0 Å². The van der Waals surface area contributed by atoms with Gasteiger partial charge in [0.05, 0.1) is 6.61 Å². The molecule has 0 aliphatic carbocycles. The lowest BCUT2D eigenvalue weighted by molar-refractivity contribution is -0.144. The van der Waals surface area contributed by atoms with E-state index in [4.69, 9.17) is 16.3 Å². The van der Waals surface area contributed by atoms with E-state index in [2.05, 4.69) is 54.8 Å². The third-order valence-corrected chi connectivity index (χ3v) is 4.81. The molecule has 1 aromatic heterocycles. The molecule has 1 unspecified atom stereocenters. The van der Waals surface area contributed by atoms with Crippen LogP contribution in [0.1, 0.15) is 39.7 Å². The van der Waals surface area contributed by atoms with Gasteiger partial charge in [0.2, 0.25) is 0 Å². The first-order valence-corrected chi connectivity index (χ1v) is 8.63. The summed E-state index contributed by atoms with van der Waals surface area (Å²) < 4.78 is 5.97. The van der Waals surface area contributed by atoms with Crippen LogP contribution in [0.4, 0.5) is 0 Å². The Labute approximate surface area is 150 Å². The zero-order valence-electron chi connectivity index (χ0n) is 13.3. The van der Waals surface area contributed by atoms with E-state index in [1.807, 2.05) is 0 Å². The van der Waals surface area contributed by atoms with Gasteiger partial charge >= 0.3 is 5.97 Å². The number of aromatic nitrogens is 1. The fourth-order valence-corrected chi connectivity index (χ4v) is 3.14. The second-order valence-electron chi connectivity index (χ2n) is 5.97. The first-order chi connectivity index (χ1) is 10.2. The lowest BCUT2D eigenvalue weighted by Gasteiger charge is -2.34. The van der Waals surface area contributed by atoms with Gasteiger partial charge in [-0.2, -0.15) is 0 Å². The van der Waals surface area contributed by atoms with Crippen LogP contribution in [0.3, 0.4) is 0 Å². The molecule has 0 aliphatic heterocycles. The van der Waals surface area contributed by atoms with Crippen molar-refractivity contribution in [3.63, 3.8) is 0 Å². The molecule has 0 amide bonds. The molecule has 6 heteroatoms. The van der Waals surface area contributed by atoms with Crippen LogP contribution in [0, 0.1) is 21.5 Å². The number of carbonyl (C=O) groups excluding carboxylic acids is 1. The number of ether oxygens (including phenoxy) is 1. The molecule has 0 saturated carbocycles. The van der Waals surface area contributed by atoms with Crippen molar-refractivity contribution >= 4 is 40.2 Å². The predicted octanol–water partition coefficient (Wildman–Crippen LogP) is 4.41. The smallest absolute Gasteiger partial charge is 0.302 e. The maximum Gasteiger partial charge on any atom is 0.302 e. The number of hydrogen-bond donors (Lipinski definition) is 1. The zero-order valence-corrected chi connectivity index (χ0v) is 16.2. The summed E-state index contributed by atoms with van der Waals surface area (Å²) in [6.07, 6.45) is 3.83. The quantitative estimate of drug-likeness (QED) is 0.389. The van der Waals surface area contributed by atoms with Crippen molar-refractivity contribution in [2.75, 3.05) is 6.61 Å². The fourth-order valence-electron chi connectivity index (χ4n) is 2.24. The highest BCUT2D eigenvalue weighted by molar-refractivity contribution is 14.1. The monoisotopic (exact) mass is 438 g/mol. The first kappa shape index (κ1) is 19.5. The maximum absolute atomic E-state index is 11.1. The lowest BCUT2D eigenvalue weighted by Crippen LogP contribution is -2.32. The van der Waals surface area contributed by atoms with Crippen LogP contribution in [0.5, 0.6) is 5.75 Å². The number of aromatic hydroxyl groups is 1. The summed E-state index contributed by atoms with van der Waals surface area (Å²) in [5, 5.41) is 9.88. The largest absolute Gasteiger partial charge is 0.505 e. The Hall–Kier alpha value is -0.560. The summed E-state index contributed by atoms with van der Waals surface area (Å²) in [6.45, 7) is 7.99. The molecule has 0 bridgehead atoms. The molecule has 0 aromatic carbocycles. The van der Waals surface area contributed by atoms with Crippen LogP contribution in [0.25, 0.3) is 0 Å².